The molecule has 1 aliphatic carbocycles. The normalized spacial score (nSPS) is 22.0. The van der Waals surface area contributed by atoms with E-state index in [1.54, 1.807) is 0 Å². The number of hydrogen-bond donors (Lipinski definition) is 0. The zero-order chi connectivity index (χ0) is 15.5. The highest BCUT2D eigenvalue weighted by atomic mass is 16.6. The van der Waals surface area contributed by atoms with E-state index < -0.39 is 11.0 Å². The first kappa shape index (κ1) is 18.1. The Morgan fingerprint density at radius 2 is 1.62 bits per heavy atom. The van der Waals surface area contributed by atoms with E-state index in [0.29, 0.717) is 6.42 Å². The lowest BCUT2D eigenvalue weighted by Gasteiger charge is -2.03. The highest BCUT2D eigenvalue weighted by Crippen LogP contribution is 2.45. The second-order valence-corrected chi connectivity index (χ2v) is 6.52. The van der Waals surface area contributed by atoms with Crippen molar-refractivity contribution in [2.75, 3.05) is 0 Å². The van der Waals surface area contributed by atoms with Crippen LogP contribution in [0.2, 0.25) is 0 Å². The lowest BCUT2D eigenvalue weighted by atomic mass is 10.0. The molecule has 0 saturated heterocycles. The molecule has 0 amide bonds. The van der Waals surface area contributed by atoms with Crippen LogP contribution in [0.5, 0.6) is 0 Å². The van der Waals surface area contributed by atoms with Gasteiger partial charge in [-0.25, -0.2) is 0 Å². The Hall–Kier alpha value is -0.930. The summed E-state index contributed by atoms with van der Waals surface area (Å²) in [6.45, 7) is 2.25. The molecule has 0 aromatic heterocycles. The summed E-state index contributed by atoms with van der Waals surface area (Å²) >= 11 is 0. The summed E-state index contributed by atoms with van der Waals surface area (Å²) < 4.78 is 0. The van der Waals surface area contributed by atoms with Crippen LogP contribution in [0, 0.1) is 22.0 Å². The molecule has 121 valence electrons. The maximum atomic E-state index is 10.5. The van der Waals surface area contributed by atoms with Gasteiger partial charge in [-0.1, -0.05) is 64.7 Å². The van der Waals surface area contributed by atoms with Crippen molar-refractivity contribution in [1.82, 2.24) is 0 Å². The number of nitrogens with zero attached hydrogens (tertiary/aromatic N) is 1. The molecule has 0 aliphatic heterocycles. The van der Waals surface area contributed by atoms with Gasteiger partial charge in [0.05, 0.1) is 0 Å². The van der Waals surface area contributed by atoms with Gasteiger partial charge in [-0.3, -0.25) is 14.9 Å². The first-order valence-corrected chi connectivity index (χ1v) is 8.70. The van der Waals surface area contributed by atoms with Crippen LogP contribution in [0.25, 0.3) is 0 Å². The molecule has 4 nitrogen and oxygen atoms in total. The molecule has 0 aromatic carbocycles. The van der Waals surface area contributed by atoms with E-state index in [1.807, 2.05) is 0 Å². The minimum Gasteiger partial charge on any atom is -0.283 e. The Morgan fingerprint density at radius 3 is 2.14 bits per heavy atom. The van der Waals surface area contributed by atoms with Crippen molar-refractivity contribution in [2.24, 2.45) is 11.8 Å². The van der Waals surface area contributed by atoms with Crippen molar-refractivity contribution in [3.8, 4) is 0 Å². The van der Waals surface area contributed by atoms with Crippen molar-refractivity contribution in [3.05, 3.63) is 10.1 Å². The lowest BCUT2D eigenvalue weighted by Crippen LogP contribution is -2.20. The average molecular weight is 296 g/mol. The third kappa shape index (κ3) is 8.18. The van der Waals surface area contributed by atoms with E-state index in [1.165, 1.54) is 57.7 Å². The predicted molar refractivity (Wildman–Crippen MR) is 84.5 cm³/mol. The summed E-state index contributed by atoms with van der Waals surface area (Å²) in [6.07, 6.45) is 15.7. The van der Waals surface area contributed by atoms with Crippen molar-refractivity contribution in [1.29, 1.82) is 0 Å². The number of nitro groups is 1. The molecule has 0 spiro atoms. The first-order chi connectivity index (χ1) is 10.2. The van der Waals surface area contributed by atoms with Crippen molar-refractivity contribution in [2.45, 2.75) is 90.0 Å². The van der Waals surface area contributed by atoms with E-state index >= 15 is 0 Å². The van der Waals surface area contributed by atoms with Crippen LogP contribution >= 0.6 is 0 Å². The van der Waals surface area contributed by atoms with Gasteiger partial charge in [-0.05, 0) is 24.7 Å². The molecule has 1 rings (SSSR count). The van der Waals surface area contributed by atoms with Gasteiger partial charge in [-0.15, -0.1) is 0 Å². The molecular weight excluding hydrogens is 266 g/mol. The Kier molecular flexibility index (Phi) is 9.27. The van der Waals surface area contributed by atoms with E-state index in [0.717, 1.165) is 31.1 Å². The smallest absolute Gasteiger partial charge is 0.278 e. The SMILES string of the molecule is CCCCCCC1CC1CCCCCCC([C]=O)[N+](=O)[O-]. The van der Waals surface area contributed by atoms with Gasteiger partial charge >= 0.3 is 0 Å². The maximum absolute atomic E-state index is 10.5. The molecule has 1 radical (unpaired) electrons. The Bertz CT molecular complexity index is 306. The van der Waals surface area contributed by atoms with E-state index in [9.17, 15) is 14.9 Å². The van der Waals surface area contributed by atoms with Gasteiger partial charge in [0, 0.05) is 11.3 Å². The van der Waals surface area contributed by atoms with Crippen molar-refractivity contribution in [3.63, 3.8) is 0 Å². The summed E-state index contributed by atoms with van der Waals surface area (Å²) in [6, 6.07) is -1.11. The molecule has 0 bridgehead atoms. The number of hydrogen-bond acceptors (Lipinski definition) is 3. The van der Waals surface area contributed by atoms with Crippen molar-refractivity contribution >= 4 is 6.29 Å². The Labute approximate surface area is 128 Å². The molecule has 1 fully saturated rings. The van der Waals surface area contributed by atoms with Crippen LogP contribution in [0.3, 0.4) is 0 Å². The molecule has 3 atom stereocenters. The summed E-state index contributed by atoms with van der Waals surface area (Å²) in [5.41, 5.74) is 0. The summed E-state index contributed by atoms with van der Waals surface area (Å²) in [5, 5.41) is 10.5. The molecule has 3 unspecified atom stereocenters. The molecule has 0 aromatic rings. The summed E-state index contributed by atoms with van der Waals surface area (Å²) in [7, 11) is 0. The van der Waals surface area contributed by atoms with Gasteiger partial charge in [0.25, 0.3) is 12.3 Å². The molecule has 1 saturated carbocycles. The standard InChI is InChI=1S/C17H30NO3/c1-2-3-4-7-10-15-13-16(15)11-8-5-6-9-12-17(14-19)18(20)21/h15-17H,2-13H2,1H3. The summed E-state index contributed by atoms with van der Waals surface area (Å²) in [5.74, 6) is 1.95. The van der Waals surface area contributed by atoms with Gasteiger partial charge in [0.1, 0.15) is 0 Å². The van der Waals surface area contributed by atoms with Crippen LogP contribution in [0.4, 0.5) is 0 Å². The second kappa shape index (κ2) is 10.7. The third-order valence-corrected chi connectivity index (χ3v) is 4.69. The van der Waals surface area contributed by atoms with Gasteiger partial charge in [-0.2, -0.15) is 0 Å². The fourth-order valence-corrected chi connectivity index (χ4v) is 3.16. The largest absolute Gasteiger partial charge is 0.283 e. The fourth-order valence-electron chi connectivity index (χ4n) is 3.16. The molecule has 1 aliphatic rings. The molecule has 0 N–H and O–H groups in total. The number of unbranched alkanes of at least 4 members (excludes halogenated alkanes) is 6. The minimum atomic E-state index is -1.11. The zero-order valence-corrected chi connectivity index (χ0v) is 13.4. The zero-order valence-electron chi connectivity index (χ0n) is 13.4. The predicted octanol–water partition coefficient (Wildman–Crippen LogP) is 4.69. The monoisotopic (exact) mass is 296 g/mol. The third-order valence-electron chi connectivity index (χ3n) is 4.69. The lowest BCUT2D eigenvalue weighted by molar-refractivity contribution is -0.503. The van der Waals surface area contributed by atoms with Gasteiger partial charge in [0.2, 0.25) is 0 Å². The van der Waals surface area contributed by atoms with Crippen LogP contribution in [0.15, 0.2) is 0 Å². The number of carbonyl (C=O) groups excluding carboxylic acids is 1. The van der Waals surface area contributed by atoms with Crippen molar-refractivity contribution < 1.29 is 9.72 Å². The average Bonchev–Trinajstić information content (AvgIpc) is 3.21. The Balaban J connectivity index is 1.87. The van der Waals surface area contributed by atoms with Gasteiger partial charge < -0.3 is 0 Å². The van der Waals surface area contributed by atoms with Crippen LogP contribution in [-0.4, -0.2) is 17.3 Å². The minimum absolute atomic E-state index is 0.347. The molecule has 21 heavy (non-hydrogen) atoms. The van der Waals surface area contributed by atoms with E-state index in [2.05, 4.69) is 6.92 Å². The molecule has 0 heterocycles. The van der Waals surface area contributed by atoms with E-state index in [4.69, 9.17) is 0 Å². The first-order valence-electron chi connectivity index (χ1n) is 8.70. The fraction of sp³-hybridized carbons (Fsp3) is 0.941. The van der Waals surface area contributed by atoms with Crippen LogP contribution in [-0.2, 0) is 4.79 Å². The number of rotatable bonds is 14. The molecule has 4 heteroatoms. The molecular formula is C17H30NO3. The van der Waals surface area contributed by atoms with Crippen LogP contribution in [0.1, 0.15) is 84.0 Å². The quantitative estimate of drug-likeness (QED) is 0.265. The highest BCUT2D eigenvalue weighted by molar-refractivity contribution is 5.56. The van der Waals surface area contributed by atoms with Crippen LogP contribution < -0.4 is 0 Å². The topological polar surface area (TPSA) is 60.2 Å². The summed E-state index contributed by atoms with van der Waals surface area (Å²) in [4.78, 5) is 20.3. The van der Waals surface area contributed by atoms with Gasteiger partial charge in [0.15, 0.2) is 0 Å². The maximum Gasteiger partial charge on any atom is 0.278 e. The second-order valence-electron chi connectivity index (χ2n) is 6.52. The van der Waals surface area contributed by atoms with E-state index in [-0.39, 0.29) is 0 Å². The highest BCUT2D eigenvalue weighted by Gasteiger charge is 2.34. The Morgan fingerprint density at radius 1 is 1.05 bits per heavy atom.